The van der Waals surface area contributed by atoms with Gasteiger partial charge in [0.05, 0.1) is 25.8 Å². The number of amides is 1. The fourth-order valence-corrected chi connectivity index (χ4v) is 4.86. The van der Waals surface area contributed by atoms with Gasteiger partial charge in [0, 0.05) is 46.4 Å². The van der Waals surface area contributed by atoms with Crippen molar-refractivity contribution in [2.24, 2.45) is 0 Å². The Morgan fingerprint density at radius 2 is 1.74 bits per heavy atom. The summed E-state index contributed by atoms with van der Waals surface area (Å²) in [7, 11) is 6.76. The first-order chi connectivity index (χ1) is 16.3. The first-order valence-electron chi connectivity index (χ1n) is 10.9. The van der Waals surface area contributed by atoms with Gasteiger partial charge in [0.1, 0.15) is 11.6 Å². The molecule has 4 aromatic rings. The van der Waals surface area contributed by atoms with Crippen molar-refractivity contribution in [1.82, 2.24) is 14.9 Å². The standard InChI is InChI=1S/C26H28N4O3S/c1-15(23-11-12-24(34-23)17-9-7-8-10-18(17)26(31)30(3)4)27-25-19-13-21(32-5)22(33-6)14-20(19)28-16(2)29-25/h7-15H,1-6H3,(H,27,28,29)/t15-/m0/s1. The van der Waals surface area contributed by atoms with Crippen LogP contribution in [0.4, 0.5) is 5.82 Å². The van der Waals surface area contributed by atoms with E-state index in [0.717, 1.165) is 32.0 Å². The van der Waals surface area contributed by atoms with Crippen molar-refractivity contribution in [3.05, 3.63) is 64.8 Å². The first-order valence-corrected chi connectivity index (χ1v) is 11.7. The summed E-state index contributed by atoms with van der Waals surface area (Å²) >= 11 is 1.66. The van der Waals surface area contributed by atoms with Gasteiger partial charge in [0.15, 0.2) is 11.5 Å². The van der Waals surface area contributed by atoms with Gasteiger partial charge in [-0.25, -0.2) is 9.97 Å². The Kier molecular flexibility index (Phi) is 6.70. The van der Waals surface area contributed by atoms with Crippen LogP contribution in [0.1, 0.15) is 34.0 Å². The average molecular weight is 477 g/mol. The maximum Gasteiger partial charge on any atom is 0.253 e. The van der Waals surface area contributed by atoms with Gasteiger partial charge in [0.2, 0.25) is 0 Å². The van der Waals surface area contributed by atoms with Crippen LogP contribution >= 0.6 is 11.3 Å². The van der Waals surface area contributed by atoms with Crippen LogP contribution in [-0.4, -0.2) is 49.1 Å². The van der Waals surface area contributed by atoms with Crippen LogP contribution in [0.25, 0.3) is 21.3 Å². The van der Waals surface area contributed by atoms with Crippen LogP contribution < -0.4 is 14.8 Å². The van der Waals surface area contributed by atoms with Gasteiger partial charge < -0.3 is 19.7 Å². The van der Waals surface area contributed by atoms with E-state index in [-0.39, 0.29) is 11.9 Å². The topological polar surface area (TPSA) is 76.6 Å². The lowest BCUT2D eigenvalue weighted by molar-refractivity contribution is 0.0828. The molecule has 4 rings (SSSR count). The van der Waals surface area contributed by atoms with Gasteiger partial charge in [-0.2, -0.15) is 0 Å². The number of carbonyl (C=O) groups excluding carboxylic acids is 1. The molecule has 2 aromatic carbocycles. The molecule has 0 radical (unpaired) electrons. The van der Waals surface area contributed by atoms with Crippen molar-refractivity contribution in [1.29, 1.82) is 0 Å². The van der Waals surface area contributed by atoms with Gasteiger partial charge in [-0.1, -0.05) is 18.2 Å². The van der Waals surface area contributed by atoms with Crippen molar-refractivity contribution >= 4 is 34.0 Å². The van der Waals surface area contributed by atoms with Crippen molar-refractivity contribution < 1.29 is 14.3 Å². The Labute approximate surface area is 203 Å². The molecule has 0 spiro atoms. The number of nitrogens with zero attached hydrogens (tertiary/aromatic N) is 3. The summed E-state index contributed by atoms with van der Waals surface area (Å²) in [5.74, 6) is 2.63. The number of hydrogen-bond donors (Lipinski definition) is 1. The fourth-order valence-electron chi connectivity index (χ4n) is 3.81. The van der Waals surface area contributed by atoms with E-state index in [4.69, 9.17) is 9.47 Å². The molecule has 1 atom stereocenters. The van der Waals surface area contributed by atoms with Gasteiger partial charge in [-0.3, -0.25) is 4.79 Å². The van der Waals surface area contributed by atoms with E-state index in [1.165, 1.54) is 0 Å². The van der Waals surface area contributed by atoms with Crippen molar-refractivity contribution in [3.8, 4) is 21.9 Å². The van der Waals surface area contributed by atoms with E-state index in [1.807, 2.05) is 43.3 Å². The monoisotopic (exact) mass is 476 g/mol. The summed E-state index contributed by atoms with van der Waals surface area (Å²) in [4.78, 5) is 25.7. The zero-order valence-electron chi connectivity index (χ0n) is 20.2. The third-order valence-electron chi connectivity index (χ3n) is 5.55. The molecule has 2 aromatic heterocycles. The Hall–Kier alpha value is -3.65. The molecular formula is C26H28N4O3S. The summed E-state index contributed by atoms with van der Waals surface area (Å²) in [6.07, 6.45) is 0. The summed E-state index contributed by atoms with van der Waals surface area (Å²) in [5, 5.41) is 4.39. The minimum atomic E-state index is -0.0129. The lowest BCUT2D eigenvalue weighted by Gasteiger charge is -2.17. The maximum absolute atomic E-state index is 12.7. The molecule has 0 aliphatic rings. The molecule has 0 unspecified atom stereocenters. The Bertz CT molecular complexity index is 1350. The number of hydrogen-bond acceptors (Lipinski definition) is 7. The van der Waals surface area contributed by atoms with Crippen molar-refractivity contribution in [3.63, 3.8) is 0 Å². The van der Waals surface area contributed by atoms with Gasteiger partial charge in [-0.05, 0) is 38.1 Å². The molecule has 0 aliphatic carbocycles. The Morgan fingerprint density at radius 1 is 1.03 bits per heavy atom. The van der Waals surface area contributed by atoms with E-state index in [1.54, 1.807) is 44.6 Å². The van der Waals surface area contributed by atoms with E-state index in [2.05, 4.69) is 34.3 Å². The zero-order chi connectivity index (χ0) is 24.4. The molecule has 0 aliphatic heterocycles. The largest absolute Gasteiger partial charge is 0.493 e. The van der Waals surface area contributed by atoms with Crippen LogP contribution in [0, 0.1) is 6.92 Å². The van der Waals surface area contributed by atoms with E-state index in [9.17, 15) is 4.79 Å². The van der Waals surface area contributed by atoms with E-state index < -0.39 is 0 Å². The molecule has 0 fully saturated rings. The van der Waals surface area contributed by atoms with Crippen LogP contribution in [0.2, 0.25) is 0 Å². The minimum Gasteiger partial charge on any atom is -0.493 e. The highest BCUT2D eigenvalue weighted by Crippen LogP contribution is 2.37. The number of rotatable bonds is 7. The fraction of sp³-hybridized carbons (Fsp3) is 0.269. The minimum absolute atomic E-state index is 0.0102. The molecule has 0 bridgehead atoms. The third kappa shape index (κ3) is 4.54. The highest BCUT2D eigenvalue weighted by Gasteiger charge is 2.18. The number of benzene rings is 2. The summed E-state index contributed by atoms with van der Waals surface area (Å²) < 4.78 is 10.9. The summed E-state index contributed by atoms with van der Waals surface area (Å²) in [6, 6.07) is 15.6. The number of fused-ring (bicyclic) bond motifs is 1. The van der Waals surface area contributed by atoms with Crippen LogP contribution in [0.5, 0.6) is 11.5 Å². The van der Waals surface area contributed by atoms with Crippen molar-refractivity contribution in [2.45, 2.75) is 19.9 Å². The second-order valence-corrected chi connectivity index (χ2v) is 9.27. The van der Waals surface area contributed by atoms with Gasteiger partial charge in [-0.15, -0.1) is 11.3 Å². The summed E-state index contributed by atoms with van der Waals surface area (Å²) in [6.45, 7) is 3.96. The van der Waals surface area contributed by atoms with Crippen LogP contribution in [0.15, 0.2) is 48.5 Å². The normalized spacial score (nSPS) is 11.8. The van der Waals surface area contributed by atoms with Gasteiger partial charge in [0.25, 0.3) is 5.91 Å². The number of aryl methyl sites for hydroxylation is 1. The molecule has 2 heterocycles. The quantitative estimate of drug-likeness (QED) is 0.376. The Morgan fingerprint density at radius 3 is 2.44 bits per heavy atom. The molecule has 0 saturated heterocycles. The highest BCUT2D eigenvalue weighted by atomic mass is 32.1. The first kappa shape index (κ1) is 23.5. The average Bonchev–Trinajstić information content (AvgIpc) is 3.33. The van der Waals surface area contributed by atoms with Crippen LogP contribution in [-0.2, 0) is 0 Å². The predicted octanol–water partition coefficient (Wildman–Crippen LogP) is 5.56. The molecule has 7 nitrogen and oxygen atoms in total. The molecular weight excluding hydrogens is 448 g/mol. The lowest BCUT2D eigenvalue weighted by atomic mass is 10.1. The zero-order valence-corrected chi connectivity index (χ0v) is 21.0. The molecule has 1 N–H and O–H groups in total. The van der Waals surface area contributed by atoms with Crippen molar-refractivity contribution in [2.75, 3.05) is 33.6 Å². The van der Waals surface area contributed by atoms with E-state index in [0.29, 0.717) is 22.9 Å². The highest BCUT2D eigenvalue weighted by molar-refractivity contribution is 7.15. The number of methoxy groups -OCH3 is 2. The predicted molar refractivity (Wildman–Crippen MR) is 137 cm³/mol. The number of thiophene rings is 1. The SMILES string of the molecule is COc1cc2nc(C)nc(N[C@@H](C)c3ccc(-c4ccccc4C(=O)N(C)C)s3)c2cc1OC. The second kappa shape index (κ2) is 9.69. The van der Waals surface area contributed by atoms with Gasteiger partial charge >= 0.3 is 0 Å². The molecule has 8 heteroatoms. The lowest BCUT2D eigenvalue weighted by Crippen LogP contribution is -2.22. The van der Waals surface area contributed by atoms with Crippen LogP contribution in [0.3, 0.4) is 0 Å². The number of anilines is 1. The summed E-state index contributed by atoms with van der Waals surface area (Å²) in [5.41, 5.74) is 2.41. The number of aromatic nitrogens is 2. The molecule has 0 saturated carbocycles. The van der Waals surface area contributed by atoms with E-state index >= 15 is 0 Å². The molecule has 34 heavy (non-hydrogen) atoms. The number of ether oxygens (including phenoxy) is 2. The molecule has 1 amide bonds. The third-order valence-corrected chi connectivity index (χ3v) is 6.85. The number of carbonyl (C=O) groups is 1. The maximum atomic E-state index is 12.7. The Balaban J connectivity index is 1.67. The second-order valence-electron chi connectivity index (χ2n) is 8.16. The molecule has 176 valence electrons. The number of nitrogens with one attached hydrogen (secondary N) is 1. The smallest absolute Gasteiger partial charge is 0.253 e.